The molecule has 10 heteroatoms. The largest absolute Gasteiger partial charge is 0.461 e. The molecular weight excluding hydrogens is 366 g/mol. The minimum atomic E-state index is -4.08. The lowest BCUT2D eigenvalue weighted by molar-refractivity contribution is -0.167. The summed E-state index contributed by atoms with van der Waals surface area (Å²) in [6.45, 7) is 9.00. The van der Waals surface area contributed by atoms with Crippen LogP contribution in [0.25, 0.3) is 0 Å². The summed E-state index contributed by atoms with van der Waals surface area (Å²) in [6.07, 6.45) is -1.25. The van der Waals surface area contributed by atoms with Crippen molar-refractivity contribution in [2.45, 2.75) is 44.8 Å². The molecule has 144 valence electrons. The van der Waals surface area contributed by atoms with Crippen LogP contribution in [0.3, 0.4) is 0 Å². The highest BCUT2D eigenvalue weighted by Crippen LogP contribution is 2.43. The number of carbonyl (C=O) groups excluding carboxylic acids is 3. The highest BCUT2D eigenvalue weighted by molar-refractivity contribution is 7.96. The summed E-state index contributed by atoms with van der Waals surface area (Å²) in [5.41, 5.74) is -1.38. The van der Waals surface area contributed by atoms with Gasteiger partial charge in [0.1, 0.15) is 17.9 Å². The Morgan fingerprint density at radius 2 is 1.85 bits per heavy atom. The van der Waals surface area contributed by atoms with E-state index in [4.69, 9.17) is 14.2 Å². The van der Waals surface area contributed by atoms with Gasteiger partial charge in [-0.1, -0.05) is 6.58 Å². The Bertz CT molecular complexity index is 818. The lowest BCUT2D eigenvalue weighted by Gasteiger charge is -2.48. The Morgan fingerprint density at radius 3 is 2.31 bits per heavy atom. The number of amides is 1. The van der Waals surface area contributed by atoms with Gasteiger partial charge < -0.3 is 14.2 Å². The quantitative estimate of drug-likeness (QED) is 0.498. The fourth-order valence-electron chi connectivity index (χ4n) is 2.66. The number of β-lactam (4-membered cyclic amide) rings is 1. The lowest BCUT2D eigenvalue weighted by atomic mass is 10.0. The molecule has 26 heavy (non-hydrogen) atoms. The molecule has 1 amide bonds. The Balaban J connectivity index is 2.61. The normalized spacial score (nSPS) is 24.7. The van der Waals surface area contributed by atoms with Gasteiger partial charge in [0.25, 0.3) is 5.91 Å². The monoisotopic (exact) mass is 387 g/mol. The zero-order valence-corrected chi connectivity index (χ0v) is 16.0. The number of sulfone groups is 1. The van der Waals surface area contributed by atoms with Crippen molar-refractivity contribution in [3.8, 4) is 0 Å². The molecule has 0 aromatic heterocycles. The number of carbonyl (C=O) groups is 3. The number of ether oxygens (including phenoxy) is 3. The Morgan fingerprint density at radius 1 is 1.27 bits per heavy atom. The first kappa shape index (κ1) is 20.1. The number of rotatable bonds is 4. The molecule has 0 aliphatic carbocycles. The maximum Gasteiger partial charge on any atom is 0.356 e. The van der Waals surface area contributed by atoms with Gasteiger partial charge in [0.05, 0.1) is 4.91 Å². The fourth-order valence-corrected chi connectivity index (χ4v) is 4.49. The molecule has 2 unspecified atom stereocenters. The van der Waals surface area contributed by atoms with Crippen LogP contribution in [-0.2, 0) is 38.4 Å². The first-order chi connectivity index (χ1) is 11.8. The Hall–Kier alpha value is -2.20. The second kappa shape index (κ2) is 6.51. The van der Waals surface area contributed by atoms with Gasteiger partial charge in [-0.05, 0) is 20.8 Å². The van der Waals surface area contributed by atoms with Crippen LogP contribution >= 0.6 is 0 Å². The lowest BCUT2D eigenvalue weighted by Crippen LogP contribution is -2.70. The molecule has 2 aliphatic heterocycles. The number of esters is 2. The summed E-state index contributed by atoms with van der Waals surface area (Å²) in [5.74, 6) is -2.29. The zero-order chi connectivity index (χ0) is 20.0. The molecule has 2 heterocycles. The summed E-state index contributed by atoms with van der Waals surface area (Å²) in [5, 5.41) is -1.41. The number of hydrogen-bond donors (Lipinski definition) is 0. The van der Waals surface area contributed by atoms with Crippen LogP contribution in [0.1, 0.15) is 27.7 Å². The van der Waals surface area contributed by atoms with E-state index in [2.05, 4.69) is 6.58 Å². The third-order valence-corrected chi connectivity index (χ3v) is 5.81. The van der Waals surface area contributed by atoms with E-state index in [0.29, 0.717) is 0 Å². The SMILES string of the molecule is C=C1C(COC(C)=O)=C(C(=O)OC(C)(C)C)N2C(=O)C(OC)C2S1(=O)=O. The minimum absolute atomic E-state index is 0.186. The molecule has 2 rings (SSSR count). The van der Waals surface area contributed by atoms with Gasteiger partial charge in [-0.25, -0.2) is 13.2 Å². The van der Waals surface area contributed by atoms with Gasteiger partial charge in [0.2, 0.25) is 9.84 Å². The van der Waals surface area contributed by atoms with E-state index < -0.39 is 56.3 Å². The molecule has 2 atom stereocenters. The predicted octanol–water partition coefficient (Wildman–Crippen LogP) is 0.271. The summed E-state index contributed by atoms with van der Waals surface area (Å²) in [6, 6.07) is 0. The smallest absolute Gasteiger partial charge is 0.356 e. The summed E-state index contributed by atoms with van der Waals surface area (Å²) < 4.78 is 40.5. The number of methoxy groups -OCH3 is 1. The van der Waals surface area contributed by atoms with Crippen molar-refractivity contribution in [3.05, 3.63) is 22.8 Å². The fraction of sp³-hybridized carbons (Fsp3) is 0.562. The average Bonchev–Trinajstić information content (AvgIpc) is 2.47. The van der Waals surface area contributed by atoms with Crippen molar-refractivity contribution in [1.82, 2.24) is 4.90 Å². The molecule has 0 spiro atoms. The van der Waals surface area contributed by atoms with E-state index in [0.717, 1.165) is 11.8 Å². The highest BCUT2D eigenvalue weighted by atomic mass is 32.2. The number of hydrogen-bond acceptors (Lipinski definition) is 8. The molecule has 0 aromatic rings. The van der Waals surface area contributed by atoms with E-state index >= 15 is 0 Å². The van der Waals surface area contributed by atoms with E-state index in [1.54, 1.807) is 20.8 Å². The first-order valence-electron chi connectivity index (χ1n) is 7.72. The van der Waals surface area contributed by atoms with Crippen LogP contribution < -0.4 is 0 Å². The highest BCUT2D eigenvalue weighted by Gasteiger charge is 2.62. The van der Waals surface area contributed by atoms with E-state index in [1.165, 1.54) is 7.11 Å². The maximum absolute atomic E-state index is 12.7. The van der Waals surface area contributed by atoms with Crippen molar-refractivity contribution in [2.24, 2.45) is 0 Å². The molecule has 2 aliphatic rings. The third kappa shape index (κ3) is 3.26. The van der Waals surface area contributed by atoms with Crippen LogP contribution in [0.2, 0.25) is 0 Å². The van der Waals surface area contributed by atoms with E-state index in [-0.39, 0.29) is 11.3 Å². The molecule has 1 fully saturated rings. The summed E-state index contributed by atoms with van der Waals surface area (Å²) in [4.78, 5) is 36.6. The van der Waals surface area contributed by atoms with Gasteiger partial charge in [0.15, 0.2) is 11.5 Å². The van der Waals surface area contributed by atoms with E-state index in [1.807, 2.05) is 0 Å². The predicted molar refractivity (Wildman–Crippen MR) is 89.0 cm³/mol. The third-order valence-electron chi connectivity index (χ3n) is 3.78. The topological polar surface area (TPSA) is 116 Å². The minimum Gasteiger partial charge on any atom is -0.461 e. The van der Waals surface area contributed by atoms with Gasteiger partial charge >= 0.3 is 11.9 Å². The van der Waals surface area contributed by atoms with Crippen molar-refractivity contribution in [3.63, 3.8) is 0 Å². The molecule has 0 aromatic carbocycles. The zero-order valence-electron chi connectivity index (χ0n) is 15.2. The second-order valence-corrected chi connectivity index (χ2v) is 8.90. The first-order valence-corrected chi connectivity index (χ1v) is 9.26. The van der Waals surface area contributed by atoms with E-state index in [9.17, 15) is 22.8 Å². The Kier molecular flexibility index (Phi) is 5.04. The maximum atomic E-state index is 12.7. The molecule has 0 saturated carbocycles. The van der Waals surface area contributed by atoms with Gasteiger partial charge in [-0.2, -0.15) is 0 Å². The molecule has 9 nitrogen and oxygen atoms in total. The standard InChI is InChI=1S/C16H21NO8S/c1-8-10(7-24-9(2)18)11(15(20)25-16(3,4)5)17-13(19)12(23-6)14(17)26(8,21)22/h12,14H,1,7H2,2-6H3. The Labute approximate surface area is 151 Å². The molecule has 0 bridgehead atoms. The van der Waals surface area contributed by atoms with Crippen LogP contribution in [0.15, 0.2) is 22.8 Å². The summed E-state index contributed by atoms with van der Waals surface area (Å²) in [7, 11) is -2.88. The van der Waals surface area contributed by atoms with Crippen molar-refractivity contribution >= 4 is 27.7 Å². The van der Waals surface area contributed by atoms with Gasteiger partial charge in [-0.15, -0.1) is 0 Å². The van der Waals surface area contributed by atoms with Crippen LogP contribution in [0, 0.1) is 0 Å². The van der Waals surface area contributed by atoms with Crippen LogP contribution in [0.4, 0.5) is 0 Å². The average molecular weight is 387 g/mol. The number of fused-ring (bicyclic) bond motifs is 1. The molecule has 0 N–H and O–H groups in total. The van der Waals surface area contributed by atoms with Gasteiger partial charge in [-0.3, -0.25) is 14.5 Å². The summed E-state index contributed by atoms with van der Waals surface area (Å²) >= 11 is 0. The molecule has 1 saturated heterocycles. The van der Waals surface area contributed by atoms with Crippen LogP contribution in [-0.4, -0.2) is 62.0 Å². The van der Waals surface area contributed by atoms with Crippen molar-refractivity contribution in [1.29, 1.82) is 0 Å². The van der Waals surface area contributed by atoms with Gasteiger partial charge in [0, 0.05) is 19.6 Å². The van der Waals surface area contributed by atoms with Crippen molar-refractivity contribution in [2.75, 3.05) is 13.7 Å². The number of nitrogens with zero attached hydrogens (tertiary/aromatic N) is 1. The molecular formula is C16H21NO8S. The van der Waals surface area contributed by atoms with Crippen LogP contribution in [0.5, 0.6) is 0 Å². The second-order valence-electron chi connectivity index (χ2n) is 6.83. The molecule has 0 radical (unpaired) electrons. The van der Waals surface area contributed by atoms with Crippen molar-refractivity contribution < 1.29 is 37.0 Å².